The summed E-state index contributed by atoms with van der Waals surface area (Å²) in [6.45, 7) is 7.29. The lowest BCUT2D eigenvalue weighted by Crippen LogP contribution is -2.46. The highest BCUT2D eigenvalue weighted by molar-refractivity contribution is 6.06. The number of benzene rings is 2. The number of carbonyl (C=O) groups is 1. The molecule has 144 valence electrons. The summed E-state index contributed by atoms with van der Waals surface area (Å²) in [6.07, 6.45) is 3.11. The van der Waals surface area contributed by atoms with Gasteiger partial charge in [-0.25, -0.2) is 9.67 Å². The van der Waals surface area contributed by atoms with Crippen LogP contribution in [0.3, 0.4) is 0 Å². The number of amides is 1. The second kappa shape index (κ2) is 8.22. The number of nitrogens with one attached hydrogen (secondary N) is 1. The van der Waals surface area contributed by atoms with Gasteiger partial charge in [-0.2, -0.15) is 5.10 Å². The molecule has 1 aromatic heterocycles. The normalized spacial score (nSPS) is 14.8. The zero-order chi connectivity index (χ0) is 19.3. The van der Waals surface area contributed by atoms with Gasteiger partial charge in [-0.1, -0.05) is 19.1 Å². The highest BCUT2D eigenvalue weighted by Crippen LogP contribution is 2.27. The predicted molar refractivity (Wildman–Crippen MR) is 110 cm³/mol. The number of hydrogen-bond acceptors (Lipinski definition) is 5. The van der Waals surface area contributed by atoms with Crippen LogP contribution in [0.4, 0.5) is 11.4 Å². The monoisotopic (exact) mass is 376 g/mol. The molecule has 7 nitrogen and oxygen atoms in total. The van der Waals surface area contributed by atoms with Crippen LogP contribution in [-0.4, -0.2) is 58.3 Å². The van der Waals surface area contributed by atoms with E-state index in [1.54, 1.807) is 23.1 Å². The molecule has 2 heterocycles. The lowest BCUT2D eigenvalue weighted by atomic mass is 10.1. The Hall–Kier alpha value is -3.19. The Morgan fingerprint density at radius 1 is 1.04 bits per heavy atom. The van der Waals surface area contributed by atoms with Crippen molar-refractivity contribution in [2.75, 3.05) is 42.9 Å². The van der Waals surface area contributed by atoms with Crippen LogP contribution in [-0.2, 0) is 0 Å². The van der Waals surface area contributed by atoms with Gasteiger partial charge < -0.3 is 15.1 Å². The van der Waals surface area contributed by atoms with Crippen molar-refractivity contribution in [1.29, 1.82) is 0 Å². The fraction of sp³-hybridized carbons (Fsp3) is 0.286. The van der Waals surface area contributed by atoms with E-state index < -0.39 is 0 Å². The summed E-state index contributed by atoms with van der Waals surface area (Å²) in [4.78, 5) is 21.5. The van der Waals surface area contributed by atoms with E-state index in [9.17, 15) is 4.79 Å². The molecule has 0 bridgehead atoms. The minimum Gasteiger partial charge on any atom is -0.367 e. The van der Waals surface area contributed by atoms with Crippen molar-refractivity contribution >= 4 is 17.3 Å². The molecule has 0 atom stereocenters. The zero-order valence-electron chi connectivity index (χ0n) is 16.0. The second-order valence-electron chi connectivity index (χ2n) is 6.78. The highest BCUT2D eigenvalue weighted by atomic mass is 16.1. The molecule has 1 N–H and O–H groups in total. The Labute approximate surface area is 164 Å². The van der Waals surface area contributed by atoms with E-state index >= 15 is 0 Å². The predicted octanol–water partition coefficient (Wildman–Crippen LogP) is 2.66. The Balaban J connectivity index is 1.48. The number of aromatic nitrogens is 3. The summed E-state index contributed by atoms with van der Waals surface area (Å²) >= 11 is 0. The van der Waals surface area contributed by atoms with Crippen molar-refractivity contribution in [2.24, 2.45) is 0 Å². The quantitative estimate of drug-likeness (QED) is 0.742. The highest BCUT2D eigenvalue weighted by Gasteiger charge is 2.19. The van der Waals surface area contributed by atoms with Gasteiger partial charge in [0.15, 0.2) is 0 Å². The number of para-hydroxylation sites is 2. The maximum Gasteiger partial charge on any atom is 0.255 e. The number of likely N-dealkylation sites (N-methyl/N-ethyl adjacent to an activating group) is 1. The number of rotatable bonds is 5. The van der Waals surface area contributed by atoms with E-state index in [0.717, 1.165) is 49.8 Å². The summed E-state index contributed by atoms with van der Waals surface area (Å²) in [5.74, 6) is -0.121. The minimum absolute atomic E-state index is 0.121. The van der Waals surface area contributed by atoms with Gasteiger partial charge in [0.05, 0.1) is 17.1 Å². The summed E-state index contributed by atoms with van der Waals surface area (Å²) in [6, 6.07) is 15.3. The maximum absolute atomic E-state index is 12.8. The Kier molecular flexibility index (Phi) is 5.34. The third-order valence-electron chi connectivity index (χ3n) is 5.13. The average Bonchev–Trinajstić information content (AvgIpc) is 3.29. The molecule has 0 spiro atoms. The van der Waals surface area contributed by atoms with E-state index in [1.807, 2.05) is 30.3 Å². The molecule has 3 aromatic rings. The molecule has 1 aliphatic heterocycles. The molecule has 7 heteroatoms. The van der Waals surface area contributed by atoms with Gasteiger partial charge in [0.2, 0.25) is 0 Å². The van der Waals surface area contributed by atoms with Crippen molar-refractivity contribution in [2.45, 2.75) is 6.92 Å². The first-order chi connectivity index (χ1) is 13.7. The van der Waals surface area contributed by atoms with Crippen LogP contribution >= 0.6 is 0 Å². The largest absolute Gasteiger partial charge is 0.367 e. The van der Waals surface area contributed by atoms with Crippen molar-refractivity contribution in [3.8, 4) is 5.69 Å². The van der Waals surface area contributed by atoms with Crippen LogP contribution in [0.25, 0.3) is 5.69 Å². The number of hydrogen-bond donors (Lipinski definition) is 1. The third kappa shape index (κ3) is 3.89. The minimum atomic E-state index is -0.121. The van der Waals surface area contributed by atoms with Crippen LogP contribution in [0.5, 0.6) is 0 Å². The number of anilines is 2. The van der Waals surface area contributed by atoms with Crippen LogP contribution < -0.4 is 10.2 Å². The van der Waals surface area contributed by atoms with Gasteiger partial charge in [-0.3, -0.25) is 4.79 Å². The molecule has 1 saturated heterocycles. The van der Waals surface area contributed by atoms with Crippen LogP contribution in [0.15, 0.2) is 61.2 Å². The first-order valence-electron chi connectivity index (χ1n) is 9.57. The van der Waals surface area contributed by atoms with Crippen LogP contribution in [0, 0.1) is 0 Å². The number of nitrogens with zero attached hydrogens (tertiary/aromatic N) is 5. The summed E-state index contributed by atoms with van der Waals surface area (Å²) in [5, 5.41) is 7.17. The summed E-state index contributed by atoms with van der Waals surface area (Å²) in [5.41, 5.74) is 3.39. The molecule has 0 saturated carbocycles. The van der Waals surface area contributed by atoms with E-state index in [1.165, 1.54) is 6.33 Å². The smallest absolute Gasteiger partial charge is 0.255 e. The Morgan fingerprint density at radius 3 is 2.46 bits per heavy atom. The molecule has 1 aliphatic rings. The standard InChI is InChI=1S/C21H24N6O/c1-2-25-11-13-26(14-12-25)20-6-4-3-5-19(20)24-21(28)17-7-9-18(10-8-17)27-16-22-15-23-27/h3-10,15-16H,2,11-14H2,1H3,(H,24,28). The molecule has 0 radical (unpaired) electrons. The lowest BCUT2D eigenvalue weighted by Gasteiger charge is -2.36. The van der Waals surface area contributed by atoms with Crippen molar-refractivity contribution in [1.82, 2.24) is 19.7 Å². The van der Waals surface area contributed by atoms with Crippen molar-refractivity contribution < 1.29 is 4.79 Å². The Bertz CT molecular complexity index is 914. The van der Waals surface area contributed by atoms with Crippen molar-refractivity contribution in [3.05, 3.63) is 66.7 Å². The molecule has 1 amide bonds. The fourth-order valence-corrected chi connectivity index (χ4v) is 3.46. The molecule has 0 unspecified atom stereocenters. The molecule has 28 heavy (non-hydrogen) atoms. The molecular weight excluding hydrogens is 352 g/mol. The average molecular weight is 376 g/mol. The molecule has 1 fully saturated rings. The lowest BCUT2D eigenvalue weighted by molar-refractivity contribution is 0.102. The van der Waals surface area contributed by atoms with Gasteiger partial charge in [0.1, 0.15) is 12.7 Å². The second-order valence-corrected chi connectivity index (χ2v) is 6.78. The Morgan fingerprint density at radius 2 is 1.79 bits per heavy atom. The molecule has 2 aromatic carbocycles. The zero-order valence-corrected chi connectivity index (χ0v) is 16.0. The van der Waals surface area contributed by atoms with E-state index in [-0.39, 0.29) is 5.91 Å². The SMILES string of the molecule is CCN1CCN(c2ccccc2NC(=O)c2ccc(-n3cncn3)cc2)CC1. The van der Waals surface area contributed by atoms with Gasteiger partial charge in [0, 0.05) is 31.7 Å². The molecule has 4 rings (SSSR count). The number of carbonyl (C=O) groups excluding carboxylic acids is 1. The van der Waals surface area contributed by atoms with E-state index in [0.29, 0.717) is 5.56 Å². The van der Waals surface area contributed by atoms with Crippen molar-refractivity contribution in [3.63, 3.8) is 0 Å². The van der Waals surface area contributed by atoms with Gasteiger partial charge in [-0.05, 0) is 42.9 Å². The summed E-state index contributed by atoms with van der Waals surface area (Å²) < 4.78 is 1.66. The topological polar surface area (TPSA) is 66.3 Å². The third-order valence-corrected chi connectivity index (χ3v) is 5.13. The van der Waals surface area contributed by atoms with Crippen LogP contribution in [0.2, 0.25) is 0 Å². The maximum atomic E-state index is 12.8. The molecule has 0 aliphatic carbocycles. The van der Waals surface area contributed by atoms with Gasteiger partial charge >= 0.3 is 0 Å². The first kappa shape index (κ1) is 18.2. The number of piperazine rings is 1. The fourth-order valence-electron chi connectivity index (χ4n) is 3.46. The van der Waals surface area contributed by atoms with Gasteiger partial charge in [0.25, 0.3) is 5.91 Å². The van der Waals surface area contributed by atoms with Crippen LogP contribution in [0.1, 0.15) is 17.3 Å². The molecular formula is C21H24N6O. The van der Waals surface area contributed by atoms with Gasteiger partial charge in [-0.15, -0.1) is 0 Å². The van der Waals surface area contributed by atoms with E-state index in [4.69, 9.17) is 0 Å². The summed E-state index contributed by atoms with van der Waals surface area (Å²) in [7, 11) is 0. The first-order valence-corrected chi connectivity index (χ1v) is 9.57. The van der Waals surface area contributed by atoms with E-state index in [2.05, 4.69) is 38.2 Å².